The molecule has 0 unspecified atom stereocenters. The van der Waals surface area contributed by atoms with Gasteiger partial charge in [-0.05, 0) is 153 Å². The third-order valence-corrected chi connectivity index (χ3v) is 14.6. The van der Waals surface area contributed by atoms with E-state index in [2.05, 4.69) is 46.7 Å². The lowest BCUT2D eigenvalue weighted by molar-refractivity contribution is -0.193. The number of ether oxygens (including phenoxy) is 1. The molecule has 36 heteroatoms. The average Bonchev–Trinajstić information content (AvgIpc) is 3.26. The van der Waals surface area contributed by atoms with Crippen LogP contribution in [0.3, 0.4) is 0 Å². The SMILES string of the molecule is Nc1ncnc2c1c(-c1ccc(Oc3ccccc3)cc1)nn2C1CCN(C2CCN(C3CCN(C4CCN(C5CCNCC5)CC4)CC3)CC2)CC1.O=C(O)C(F)(F)F.O=C(O)C(F)(F)F.O=C(O)C(F)(F)F.O=C(O)C(F)(F)F.O=C(O)C(F)(F)F. The predicted octanol–water partition coefficient (Wildman–Crippen LogP) is 8.82. The molecule has 9 rings (SSSR count). The van der Waals surface area contributed by atoms with Crippen LogP contribution in [0.1, 0.15) is 70.3 Å². The monoisotopic (exact) mass is 1290 g/mol. The van der Waals surface area contributed by atoms with Gasteiger partial charge < -0.3 is 60.9 Å². The highest BCUT2D eigenvalue weighted by Gasteiger charge is 2.42. The quantitative estimate of drug-likeness (QED) is 0.0811. The molecule has 492 valence electrons. The van der Waals surface area contributed by atoms with Gasteiger partial charge in [0.05, 0.1) is 11.4 Å². The highest BCUT2D eigenvalue weighted by atomic mass is 19.4. The van der Waals surface area contributed by atoms with Gasteiger partial charge in [-0.2, -0.15) is 71.0 Å². The van der Waals surface area contributed by atoms with Gasteiger partial charge in [0.2, 0.25) is 0 Å². The minimum Gasteiger partial charge on any atom is -0.475 e. The molecule has 0 amide bonds. The Kier molecular flexibility index (Phi) is 26.8. The van der Waals surface area contributed by atoms with Crippen LogP contribution in [0.4, 0.5) is 71.7 Å². The van der Waals surface area contributed by atoms with Crippen LogP contribution in [0.15, 0.2) is 60.9 Å². The summed E-state index contributed by atoms with van der Waals surface area (Å²) in [6.07, 6.45) is -11.0. The summed E-state index contributed by atoms with van der Waals surface area (Å²) < 4.78 is 167. The van der Waals surface area contributed by atoms with Gasteiger partial charge in [-0.15, -0.1) is 0 Å². The summed E-state index contributed by atoms with van der Waals surface area (Å²) in [6.45, 7) is 12.3. The van der Waals surface area contributed by atoms with Crippen molar-refractivity contribution >= 4 is 46.7 Å². The molecule has 0 spiro atoms. The van der Waals surface area contributed by atoms with Crippen LogP contribution in [0, 0.1) is 0 Å². The molecule has 5 aliphatic rings. The number of nitrogen functional groups attached to an aromatic ring is 1. The van der Waals surface area contributed by atoms with Gasteiger partial charge in [0.15, 0.2) is 5.65 Å². The standard InChI is InChI=1S/C42H58N10O.5C2HF3O2/c43-41-39-40(31-6-8-38(9-7-31)53-37-4-2-1-3-5-37)47-52(42(39)46-30-45-41)36-18-28-51(29-19-36)35-16-26-50(27-17-35)34-14-24-49(25-15-34)33-12-22-48(23-13-33)32-10-20-44-21-11-32;5*3-2(4,5)1(6)7/h1-9,30,32-36,44H,10-29H2,(H2,43,45,46);5*(H,6,7). The lowest BCUT2D eigenvalue weighted by Crippen LogP contribution is -2.55. The van der Waals surface area contributed by atoms with Crippen molar-refractivity contribution in [1.29, 1.82) is 0 Å². The number of anilines is 1. The number of nitrogens with one attached hydrogen (secondary N) is 1. The second kappa shape index (κ2) is 32.3. The number of halogens is 15. The van der Waals surface area contributed by atoms with Gasteiger partial charge in [-0.3, -0.25) is 0 Å². The topological polar surface area (TPSA) is 290 Å². The Balaban J connectivity index is 0.000000385. The van der Waals surface area contributed by atoms with E-state index in [9.17, 15) is 65.9 Å². The molecule has 0 atom stereocenters. The van der Waals surface area contributed by atoms with E-state index in [4.69, 9.17) is 70.1 Å². The Bertz CT molecular complexity index is 2700. The van der Waals surface area contributed by atoms with E-state index in [1.807, 2.05) is 42.5 Å². The Morgan fingerprint density at radius 3 is 1.06 bits per heavy atom. The zero-order chi connectivity index (χ0) is 66.0. The molecule has 5 aliphatic heterocycles. The number of aliphatic carboxylic acids is 5. The second-order valence-corrected chi connectivity index (χ2v) is 20.3. The fourth-order valence-electron chi connectivity index (χ4n) is 10.3. The fourth-order valence-corrected chi connectivity index (χ4v) is 10.3. The van der Waals surface area contributed by atoms with E-state index >= 15 is 0 Å². The first kappa shape index (κ1) is 73.2. The predicted molar refractivity (Wildman–Crippen MR) is 280 cm³/mol. The highest BCUT2D eigenvalue weighted by Crippen LogP contribution is 2.37. The molecule has 8 N–H and O–H groups in total. The molecule has 5 saturated heterocycles. The molecule has 21 nitrogen and oxygen atoms in total. The molecule has 0 radical (unpaired) electrons. The molecule has 2 aromatic carbocycles. The number of aromatic nitrogens is 4. The fraction of sp³-hybridized carbons (Fsp3) is 0.577. The number of likely N-dealkylation sites (tertiary alicyclic amines) is 4. The third kappa shape index (κ3) is 23.3. The van der Waals surface area contributed by atoms with E-state index in [0.29, 0.717) is 17.9 Å². The lowest BCUT2D eigenvalue weighted by atomic mass is 9.93. The first-order valence-electron chi connectivity index (χ1n) is 26.9. The normalized spacial score (nSPS) is 18.7. The zero-order valence-corrected chi connectivity index (χ0v) is 46.3. The van der Waals surface area contributed by atoms with E-state index in [0.717, 1.165) is 77.8 Å². The molecule has 88 heavy (non-hydrogen) atoms. The highest BCUT2D eigenvalue weighted by molar-refractivity contribution is 5.98. The summed E-state index contributed by atoms with van der Waals surface area (Å²) in [5.74, 6) is -11.7. The second-order valence-electron chi connectivity index (χ2n) is 20.3. The minimum atomic E-state index is -5.08. The van der Waals surface area contributed by atoms with Gasteiger partial charge in [0.25, 0.3) is 0 Å². The third-order valence-electron chi connectivity index (χ3n) is 14.6. The Morgan fingerprint density at radius 2 is 0.739 bits per heavy atom. The van der Waals surface area contributed by atoms with Crippen LogP contribution in [0.5, 0.6) is 11.5 Å². The molecule has 0 aliphatic carbocycles. The van der Waals surface area contributed by atoms with Crippen LogP contribution in [0.25, 0.3) is 22.3 Å². The van der Waals surface area contributed by atoms with Gasteiger partial charge in [-0.1, -0.05) is 18.2 Å². The number of fused-ring (bicyclic) bond motifs is 1. The summed E-state index contributed by atoms with van der Waals surface area (Å²) in [5.41, 5.74) is 9.13. The number of carboxylic acids is 5. The van der Waals surface area contributed by atoms with E-state index < -0.39 is 60.7 Å². The number of hydrogen-bond donors (Lipinski definition) is 7. The van der Waals surface area contributed by atoms with Gasteiger partial charge in [-0.25, -0.2) is 38.6 Å². The van der Waals surface area contributed by atoms with Gasteiger partial charge >= 0.3 is 60.7 Å². The van der Waals surface area contributed by atoms with E-state index in [1.54, 1.807) is 6.33 Å². The lowest BCUT2D eigenvalue weighted by Gasteiger charge is -2.47. The summed E-state index contributed by atoms with van der Waals surface area (Å²) in [7, 11) is 0. The summed E-state index contributed by atoms with van der Waals surface area (Å²) in [4.78, 5) is 64.8. The molecular weight excluding hydrogens is 1230 g/mol. The molecular formula is C52H63F15N10O11. The van der Waals surface area contributed by atoms with Crippen molar-refractivity contribution < 1.29 is 120 Å². The Morgan fingerprint density at radius 1 is 0.443 bits per heavy atom. The van der Waals surface area contributed by atoms with Crippen molar-refractivity contribution in [3.8, 4) is 22.8 Å². The smallest absolute Gasteiger partial charge is 0.475 e. The van der Waals surface area contributed by atoms with Gasteiger partial charge in [0.1, 0.15) is 29.3 Å². The van der Waals surface area contributed by atoms with Crippen molar-refractivity contribution in [3.05, 3.63) is 60.9 Å². The van der Waals surface area contributed by atoms with Crippen molar-refractivity contribution in [1.82, 2.24) is 44.7 Å². The summed E-state index contributed by atoms with van der Waals surface area (Å²) in [6, 6.07) is 21.3. The number of para-hydroxylation sites is 1. The van der Waals surface area contributed by atoms with Crippen molar-refractivity contribution in [2.24, 2.45) is 0 Å². The maximum absolute atomic E-state index is 10.6. The van der Waals surface area contributed by atoms with Gasteiger partial charge in [0, 0.05) is 42.8 Å². The number of benzene rings is 2. The first-order chi connectivity index (χ1) is 40.9. The number of alkyl halides is 15. The van der Waals surface area contributed by atoms with Crippen molar-refractivity contribution in [2.75, 3.05) is 71.2 Å². The molecule has 0 saturated carbocycles. The molecule has 5 fully saturated rings. The number of hydrogen-bond acceptors (Lipinski definition) is 15. The van der Waals surface area contributed by atoms with Crippen LogP contribution < -0.4 is 15.8 Å². The maximum Gasteiger partial charge on any atom is 0.490 e. The van der Waals surface area contributed by atoms with Crippen LogP contribution in [-0.2, 0) is 24.0 Å². The summed E-state index contributed by atoms with van der Waals surface area (Å²) in [5, 5.41) is 45.2. The van der Waals surface area contributed by atoms with E-state index in [-0.39, 0.29) is 0 Å². The number of piperidine rings is 5. The number of rotatable bonds is 8. The van der Waals surface area contributed by atoms with Crippen LogP contribution in [-0.4, -0.2) is 215 Å². The largest absolute Gasteiger partial charge is 0.490 e. The van der Waals surface area contributed by atoms with E-state index in [1.165, 1.54) is 104 Å². The van der Waals surface area contributed by atoms with Crippen LogP contribution >= 0.6 is 0 Å². The number of nitrogens with two attached hydrogens (primary N) is 1. The molecule has 2 aromatic heterocycles. The minimum absolute atomic E-state index is 0.291. The number of carboxylic acid groups (broad SMARTS) is 5. The molecule has 0 bridgehead atoms. The van der Waals surface area contributed by atoms with Crippen molar-refractivity contribution in [2.45, 2.75) is 125 Å². The molecule has 7 heterocycles. The Labute approximate surface area is 490 Å². The first-order valence-corrected chi connectivity index (χ1v) is 26.9. The number of nitrogens with zero attached hydrogens (tertiary/aromatic N) is 8. The zero-order valence-electron chi connectivity index (χ0n) is 46.3. The average molecular weight is 1290 g/mol. The molecule has 4 aromatic rings. The summed E-state index contributed by atoms with van der Waals surface area (Å²) >= 11 is 0. The maximum atomic E-state index is 10.6. The van der Waals surface area contributed by atoms with Crippen LogP contribution in [0.2, 0.25) is 0 Å². The Hall–Kier alpha value is -7.31. The van der Waals surface area contributed by atoms with Crippen molar-refractivity contribution in [3.63, 3.8) is 0 Å². The number of carbonyl (C=O) groups is 5.